The molecule has 0 aliphatic carbocycles. The minimum absolute atomic E-state index is 0.0156. The van der Waals surface area contributed by atoms with Gasteiger partial charge in [-0.2, -0.15) is 0 Å². The van der Waals surface area contributed by atoms with Crippen molar-refractivity contribution in [3.05, 3.63) is 0 Å². The highest BCUT2D eigenvalue weighted by molar-refractivity contribution is 5.79. The standard InChI is InChI=1S/C16H34N2O2/c1-6-9-10-14(15(19)17-13(4)5)16(20)18(11-7-2)12-8-3/h13-14,16,20H,6-12H2,1-5H3,(H,17,19). The molecule has 0 spiro atoms. The summed E-state index contributed by atoms with van der Waals surface area (Å²) >= 11 is 0. The van der Waals surface area contributed by atoms with Crippen molar-refractivity contribution in [2.45, 2.75) is 79.0 Å². The summed E-state index contributed by atoms with van der Waals surface area (Å²) < 4.78 is 0. The second-order valence-electron chi connectivity index (χ2n) is 5.86. The molecule has 2 N–H and O–H groups in total. The zero-order chi connectivity index (χ0) is 15.5. The number of rotatable bonds is 11. The Morgan fingerprint density at radius 3 is 2.05 bits per heavy atom. The number of amides is 1. The monoisotopic (exact) mass is 286 g/mol. The van der Waals surface area contributed by atoms with Crippen LogP contribution < -0.4 is 5.32 Å². The summed E-state index contributed by atoms with van der Waals surface area (Å²) in [5.41, 5.74) is 0. The molecule has 2 unspecified atom stereocenters. The lowest BCUT2D eigenvalue weighted by Gasteiger charge is -2.33. The Hall–Kier alpha value is -0.610. The predicted molar refractivity (Wildman–Crippen MR) is 84.5 cm³/mol. The van der Waals surface area contributed by atoms with Crippen LogP contribution in [0.1, 0.15) is 66.7 Å². The van der Waals surface area contributed by atoms with Crippen LogP contribution in [0.2, 0.25) is 0 Å². The van der Waals surface area contributed by atoms with Crippen LogP contribution in [0.5, 0.6) is 0 Å². The number of hydrogen-bond donors (Lipinski definition) is 2. The molecule has 0 aliphatic rings. The summed E-state index contributed by atoms with van der Waals surface area (Å²) in [5, 5.41) is 13.6. The molecule has 0 saturated heterocycles. The van der Waals surface area contributed by atoms with Crippen LogP contribution in [0, 0.1) is 5.92 Å². The quantitative estimate of drug-likeness (QED) is 0.574. The fourth-order valence-corrected chi connectivity index (χ4v) is 2.44. The Labute approximate surface area is 124 Å². The van der Waals surface area contributed by atoms with Crippen LogP contribution >= 0.6 is 0 Å². The van der Waals surface area contributed by atoms with Crippen molar-refractivity contribution < 1.29 is 9.90 Å². The van der Waals surface area contributed by atoms with Crippen LogP contribution in [0.25, 0.3) is 0 Å². The van der Waals surface area contributed by atoms with Gasteiger partial charge in [-0.3, -0.25) is 9.69 Å². The van der Waals surface area contributed by atoms with Crippen LogP contribution in [0.4, 0.5) is 0 Å². The zero-order valence-corrected chi connectivity index (χ0v) is 14.0. The third-order valence-electron chi connectivity index (χ3n) is 3.39. The second-order valence-corrected chi connectivity index (χ2v) is 5.86. The number of hydrogen-bond acceptors (Lipinski definition) is 3. The summed E-state index contributed by atoms with van der Waals surface area (Å²) in [6.07, 6.45) is 4.08. The van der Waals surface area contributed by atoms with Gasteiger partial charge in [0.1, 0.15) is 6.23 Å². The summed E-state index contributed by atoms with van der Waals surface area (Å²) in [6, 6.07) is 0.115. The Kier molecular flexibility index (Phi) is 10.8. The van der Waals surface area contributed by atoms with E-state index in [9.17, 15) is 9.90 Å². The molecule has 1 amide bonds. The predicted octanol–water partition coefficient (Wildman–Crippen LogP) is 2.76. The zero-order valence-electron chi connectivity index (χ0n) is 14.0. The number of carbonyl (C=O) groups is 1. The van der Waals surface area contributed by atoms with Crippen molar-refractivity contribution in [2.75, 3.05) is 13.1 Å². The highest BCUT2D eigenvalue weighted by atomic mass is 16.3. The lowest BCUT2D eigenvalue weighted by Crippen LogP contribution is -2.48. The highest BCUT2D eigenvalue weighted by Crippen LogP contribution is 2.18. The van der Waals surface area contributed by atoms with Crippen molar-refractivity contribution in [2.24, 2.45) is 5.92 Å². The minimum Gasteiger partial charge on any atom is -0.378 e. The molecule has 2 atom stereocenters. The summed E-state index contributed by atoms with van der Waals surface area (Å²) in [6.45, 7) is 11.9. The molecule has 0 radical (unpaired) electrons. The Morgan fingerprint density at radius 2 is 1.65 bits per heavy atom. The first-order chi connectivity index (χ1) is 9.47. The number of aliphatic hydroxyl groups is 1. The van der Waals surface area contributed by atoms with E-state index >= 15 is 0 Å². The topological polar surface area (TPSA) is 52.6 Å². The van der Waals surface area contributed by atoms with E-state index in [1.165, 1.54) is 0 Å². The molecule has 0 saturated carbocycles. The summed E-state index contributed by atoms with van der Waals surface area (Å²) in [7, 11) is 0. The third-order valence-corrected chi connectivity index (χ3v) is 3.39. The van der Waals surface area contributed by atoms with Gasteiger partial charge in [-0.25, -0.2) is 0 Å². The van der Waals surface area contributed by atoms with Crippen LogP contribution in [0.3, 0.4) is 0 Å². The molecule has 20 heavy (non-hydrogen) atoms. The number of carbonyl (C=O) groups excluding carboxylic acids is 1. The Bertz CT molecular complexity index is 251. The van der Waals surface area contributed by atoms with Gasteiger partial charge in [0.25, 0.3) is 0 Å². The lowest BCUT2D eigenvalue weighted by atomic mass is 9.97. The molecule has 0 heterocycles. The molecular formula is C16H34N2O2. The van der Waals surface area contributed by atoms with E-state index in [1.807, 2.05) is 18.7 Å². The minimum atomic E-state index is -0.666. The van der Waals surface area contributed by atoms with Gasteiger partial charge < -0.3 is 10.4 Å². The first-order valence-corrected chi connectivity index (χ1v) is 8.20. The average molecular weight is 286 g/mol. The van der Waals surface area contributed by atoms with Gasteiger partial charge in [-0.15, -0.1) is 0 Å². The van der Waals surface area contributed by atoms with Crippen LogP contribution in [-0.2, 0) is 4.79 Å². The molecular weight excluding hydrogens is 252 g/mol. The molecule has 120 valence electrons. The van der Waals surface area contributed by atoms with Crippen LogP contribution in [-0.4, -0.2) is 41.3 Å². The Balaban J connectivity index is 4.82. The highest BCUT2D eigenvalue weighted by Gasteiger charge is 2.30. The van der Waals surface area contributed by atoms with Crippen molar-refractivity contribution in [1.82, 2.24) is 10.2 Å². The molecule has 0 aromatic rings. The number of aliphatic hydroxyl groups excluding tert-OH is 1. The van der Waals surface area contributed by atoms with E-state index in [2.05, 4.69) is 26.1 Å². The largest absolute Gasteiger partial charge is 0.378 e. The maximum Gasteiger partial charge on any atom is 0.227 e. The number of nitrogens with zero attached hydrogens (tertiary/aromatic N) is 1. The van der Waals surface area contributed by atoms with E-state index in [0.717, 1.165) is 45.2 Å². The van der Waals surface area contributed by atoms with Gasteiger partial charge >= 0.3 is 0 Å². The van der Waals surface area contributed by atoms with Crippen molar-refractivity contribution in [3.8, 4) is 0 Å². The van der Waals surface area contributed by atoms with Gasteiger partial charge in [-0.1, -0.05) is 33.6 Å². The molecule has 0 aromatic carbocycles. The van der Waals surface area contributed by atoms with Crippen molar-refractivity contribution >= 4 is 5.91 Å². The lowest BCUT2D eigenvalue weighted by molar-refractivity contribution is -0.136. The first-order valence-electron chi connectivity index (χ1n) is 8.20. The number of nitrogens with one attached hydrogen (secondary N) is 1. The van der Waals surface area contributed by atoms with E-state index in [-0.39, 0.29) is 17.9 Å². The van der Waals surface area contributed by atoms with Gasteiger partial charge in [0, 0.05) is 19.1 Å². The SMILES string of the molecule is CCCCC(C(=O)NC(C)C)C(O)N(CCC)CCC. The maximum atomic E-state index is 12.3. The van der Waals surface area contributed by atoms with E-state index < -0.39 is 6.23 Å². The smallest absolute Gasteiger partial charge is 0.227 e. The summed E-state index contributed by atoms with van der Waals surface area (Å²) in [5.74, 6) is -0.339. The average Bonchev–Trinajstić information content (AvgIpc) is 2.37. The third kappa shape index (κ3) is 7.25. The molecule has 4 heteroatoms. The molecule has 0 bridgehead atoms. The molecule has 0 fully saturated rings. The maximum absolute atomic E-state index is 12.3. The van der Waals surface area contributed by atoms with Gasteiger partial charge in [0.15, 0.2) is 0 Å². The normalized spacial score (nSPS) is 14.6. The van der Waals surface area contributed by atoms with Gasteiger partial charge in [0.05, 0.1) is 5.92 Å². The molecule has 0 aliphatic heterocycles. The fraction of sp³-hybridized carbons (Fsp3) is 0.938. The molecule has 0 aromatic heterocycles. The van der Waals surface area contributed by atoms with Crippen LogP contribution in [0.15, 0.2) is 0 Å². The van der Waals surface area contributed by atoms with E-state index in [0.29, 0.717) is 0 Å². The fourth-order valence-electron chi connectivity index (χ4n) is 2.44. The Morgan fingerprint density at radius 1 is 1.10 bits per heavy atom. The second kappa shape index (κ2) is 11.1. The summed E-state index contributed by atoms with van der Waals surface area (Å²) in [4.78, 5) is 14.4. The van der Waals surface area contributed by atoms with Crippen molar-refractivity contribution in [3.63, 3.8) is 0 Å². The number of unbranched alkanes of at least 4 members (excludes halogenated alkanes) is 1. The van der Waals surface area contributed by atoms with Gasteiger partial charge in [0.2, 0.25) is 5.91 Å². The molecule has 4 nitrogen and oxygen atoms in total. The molecule has 0 rings (SSSR count). The van der Waals surface area contributed by atoms with Gasteiger partial charge in [-0.05, 0) is 33.1 Å². The van der Waals surface area contributed by atoms with E-state index in [1.54, 1.807) is 0 Å². The van der Waals surface area contributed by atoms with Crippen molar-refractivity contribution in [1.29, 1.82) is 0 Å². The van der Waals surface area contributed by atoms with E-state index in [4.69, 9.17) is 0 Å². The first kappa shape index (κ1) is 19.4.